The van der Waals surface area contributed by atoms with Crippen molar-refractivity contribution in [2.45, 2.75) is 0 Å². The Morgan fingerprint density at radius 2 is 1.86 bits per heavy atom. The average molecular weight is 298 g/mol. The lowest BCUT2D eigenvalue weighted by molar-refractivity contribution is 0.100. The fourth-order valence-electron chi connectivity index (χ4n) is 2.10. The van der Waals surface area contributed by atoms with Crippen molar-refractivity contribution < 1.29 is 4.79 Å². The molecule has 0 aliphatic carbocycles. The first kappa shape index (κ1) is 13.4. The van der Waals surface area contributed by atoms with Crippen molar-refractivity contribution in [3.63, 3.8) is 0 Å². The van der Waals surface area contributed by atoms with Gasteiger partial charge in [0.1, 0.15) is 0 Å². The van der Waals surface area contributed by atoms with Crippen LogP contribution in [0.15, 0.2) is 54.7 Å². The summed E-state index contributed by atoms with van der Waals surface area (Å²) in [5.41, 5.74) is 8.31. The summed E-state index contributed by atoms with van der Waals surface area (Å²) in [7, 11) is 0. The van der Waals surface area contributed by atoms with E-state index in [1.165, 1.54) is 0 Å². The van der Waals surface area contributed by atoms with Crippen LogP contribution in [0.2, 0.25) is 5.02 Å². The van der Waals surface area contributed by atoms with Gasteiger partial charge in [0, 0.05) is 33.5 Å². The third kappa shape index (κ3) is 2.80. The van der Waals surface area contributed by atoms with E-state index in [9.17, 15) is 4.79 Å². The normalized spacial score (nSPS) is 10.5. The van der Waals surface area contributed by atoms with E-state index in [2.05, 4.69) is 10.3 Å². The number of pyridine rings is 1. The van der Waals surface area contributed by atoms with Crippen LogP contribution >= 0.6 is 11.6 Å². The number of aromatic nitrogens is 1. The molecule has 104 valence electrons. The van der Waals surface area contributed by atoms with Crippen molar-refractivity contribution in [3.8, 4) is 0 Å². The van der Waals surface area contributed by atoms with Crippen LogP contribution in [0.25, 0.3) is 10.9 Å². The van der Waals surface area contributed by atoms with Gasteiger partial charge in [-0.2, -0.15) is 0 Å². The molecular formula is C16H12ClN3O. The molecular weight excluding hydrogens is 286 g/mol. The number of nitrogens with two attached hydrogens (primary N) is 1. The monoisotopic (exact) mass is 297 g/mol. The van der Waals surface area contributed by atoms with E-state index in [1.807, 2.05) is 24.3 Å². The number of nitrogens with one attached hydrogen (secondary N) is 1. The van der Waals surface area contributed by atoms with Gasteiger partial charge in [-0.3, -0.25) is 9.78 Å². The van der Waals surface area contributed by atoms with E-state index < -0.39 is 5.91 Å². The van der Waals surface area contributed by atoms with Gasteiger partial charge in [0.15, 0.2) is 0 Å². The minimum Gasteiger partial charge on any atom is -0.366 e. The maximum absolute atomic E-state index is 11.1. The van der Waals surface area contributed by atoms with Gasteiger partial charge < -0.3 is 11.1 Å². The number of halogens is 1. The Hall–Kier alpha value is -2.59. The highest BCUT2D eigenvalue weighted by molar-refractivity contribution is 6.31. The predicted molar refractivity (Wildman–Crippen MR) is 85.0 cm³/mol. The minimum absolute atomic E-state index is 0.442. The average Bonchev–Trinajstić information content (AvgIpc) is 2.48. The van der Waals surface area contributed by atoms with Gasteiger partial charge in [0.05, 0.1) is 5.52 Å². The van der Waals surface area contributed by atoms with Gasteiger partial charge in [-0.25, -0.2) is 0 Å². The Balaban J connectivity index is 1.97. The number of carbonyl (C=O) groups is 1. The highest BCUT2D eigenvalue weighted by Crippen LogP contribution is 2.27. The van der Waals surface area contributed by atoms with E-state index in [0.717, 1.165) is 22.3 Å². The van der Waals surface area contributed by atoms with Gasteiger partial charge in [0.25, 0.3) is 0 Å². The summed E-state index contributed by atoms with van der Waals surface area (Å²) in [5.74, 6) is -0.442. The van der Waals surface area contributed by atoms with Crippen molar-refractivity contribution >= 4 is 39.8 Å². The van der Waals surface area contributed by atoms with Crippen LogP contribution in [0, 0.1) is 0 Å². The number of hydrogen-bond acceptors (Lipinski definition) is 3. The lowest BCUT2D eigenvalue weighted by atomic mass is 10.1. The van der Waals surface area contributed by atoms with E-state index in [-0.39, 0.29) is 0 Å². The molecule has 0 radical (unpaired) electrons. The topological polar surface area (TPSA) is 68.0 Å². The first-order chi connectivity index (χ1) is 10.1. The second-order valence-electron chi connectivity index (χ2n) is 4.59. The molecule has 0 fully saturated rings. The van der Waals surface area contributed by atoms with Crippen LogP contribution in [0.5, 0.6) is 0 Å². The first-order valence-corrected chi connectivity index (χ1v) is 6.72. The number of amides is 1. The number of hydrogen-bond donors (Lipinski definition) is 2. The molecule has 0 saturated carbocycles. The second kappa shape index (κ2) is 5.42. The van der Waals surface area contributed by atoms with Crippen molar-refractivity contribution in [1.29, 1.82) is 0 Å². The Labute approximate surface area is 126 Å². The first-order valence-electron chi connectivity index (χ1n) is 6.34. The number of anilines is 2. The summed E-state index contributed by atoms with van der Waals surface area (Å²) >= 11 is 6.04. The summed E-state index contributed by atoms with van der Waals surface area (Å²) in [5, 5.41) is 4.88. The summed E-state index contributed by atoms with van der Waals surface area (Å²) in [4.78, 5) is 15.4. The fourth-order valence-corrected chi connectivity index (χ4v) is 2.27. The molecule has 0 saturated heterocycles. The molecule has 0 bridgehead atoms. The molecule has 1 heterocycles. The molecule has 0 aliphatic rings. The number of carbonyl (C=O) groups excluding carboxylic acids is 1. The molecule has 0 unspecified atom stereocenters. The van der Waals surface area contributed by atoms with Gasteiger partial charge in [-0.15, -0.1) is 0 Å². The molecule has 3 rings (SSSR count). The minimum atomic E-state index is -0.442. The van der Waals surface area contributed by atoms with Crippen molar-refractivity contribution in [1.82, 2.24) is 4.98 Å². The predicted octanol–water partition coefficient (Wildman–Crippen LogP) is 3.73. The van der Waals surface area contributed by atoms with Gasteiger partial charge in [-0.1, -0.05) is 11.6 Å². The Bertz CT molecular complexity index is 815. The molecule has 1 aromatic heterocycles. The largest absolute Gasteiger partial charge is 0.366 e. The van der Waals surface area contributed by atoms with Crippen LogP contribution in [-0.2, 0) is 0 Å². The lowest BCUT2D eigenvalue weighted by Crippen LogP contribution is -2.10. The van der Waals surface area contributed by atoms with Crippen LogP contribution in [-0.4, -0.2) is 10.9 Å². The molecule has 0 aliphatic heterocycles. The van der Waals surface area contributed by atoms with Gasteiger partial charge >= 0.3 is 0 Å². The number of nitrogens with zero attached hydrogens (tertiary/aromatic N) is 1. The summed E-state index contributed by atoms with van der Waals surface area (Å²) in [6.45, 7) is 0. The van der Waals surface area contributed by atoms with E-state index in [4.69, 9.17) is 17.3 Å². The molecule has 3 N–H and O–H groups in total. The Morgan fingerprint density at radius 3 is 2.57 bits per heavy atom. The third-order valence-electron chi connectivity index (χ3n) is 3.15. The molecule has 5 heteroatoms. The number of benzene rings is 2. The zero-order valence-corrected chi connectivity index (χ0v) is 11.8. The highest BCUT2D eigenvalue weighted by atomic mass is 35.5. The van der Waals surface area contributed by atoms with Crippen LogP contribution in [0.4, 0.5) is 11.4 Å². The quantitative estimate of drug-likeness (QED) is 0.774. The van der Waals surface area contributed by atoms with Crippen molar-refractivity contribution in [2.75, 3.05) is 5.32 Å². The van der Waals surface area contributed by atoms with E-state index in [0.29, 0.717) is 10.6 Å². The number of fused-ring (bicyclic) bond motifs is 1. The standard InChI is InChI=1S/C16H12ClN3O/c17-11-3-6-14-13(9-11)15(7-8-19-14)20-12-4-1-10(2-5-12)16(18)21/h1-9H,(H2,18,21)(H,19,20). The summed E-state index contributed by atoms with van der Waals surface area (Å²) < 4.78 is 0. The smallest absolute Gasteiger partial charge is 0.248 e. The molecule has 2 aromatic carbocycles. The summed E-state index contributed by atoms with van der Waals surface area (Å²) in [6, 6.07) is 14.4. The number of primary amides is 1. The molecule has 3 aromatic rings. The van der Waals surface area contributed by atoms with Crippen LogP contribution < -0.4 is 11.1 Å². The maximum Gasteiger partial charge on any atom is 0.248 e. The second-order valence-corrected chi connectivity index (χ2v) is 5.02. The fraction of sp³-hybridized carbons (Fsp3) is 0. The number of rotatable bonds is 3. The third-order valence-corrected chi connectivity index (χ3v) is 3.39. The van der Waals surface area contributed by atoms with Gasteiger partial charge in [-0.05, 0) is 48.5 Å². The molecule has 4 nitrogen and oxygen atoms in total. The zero-order valence-electron chi connectivity index (χ0n) is 11.0. The lowest BCUT2D eigenvalue weighted by Gasteiger charge is -2.10. The molecule has 0 spiro atoms. The van der Waals surface area contributed by atoms with E-state index >= 15 is 0 Å². The highest BCUT2D eigenvalue weighted by Gasteiger charge is 2.04. The molecule has 1 amide bonds. The Kier molecular flexibility index (Phi) is 3.46. The van der Waals surface area contributed by atoms with E-state index in [1.54, 1.807) is 30.5 Å². The maximum atomic E-state index is 11.1. The van der Waals surface area contributed by atoms with Crippen molar-refractivity contribution in [2.24, 2.45) is 5.73 Å². The SMILES string of the molecule is NC(=O)c1ccc(Nc2ccnc3ccc(Cl)cc23)cc1. The summed E-state index contributed by atoms with van der Waals surface area (Å²) in [6.07, 6.45) is 1.73. The zero-order chi connectivity index (χ0) is 14.8. The van der Waals surface area contributed by atoms with Gasteiger partial charge in [0.2, 0.25) is 5.91 Å². The van der Waals surface area contributed by atoms with Crippen LogP contribution in [0.1, 0.15) is 10.4 Å². The Morgan fingerprint density at radius 1 is 1.10 bits per heavy atom. The van der Waals surface area contributed by atoms with Crippen molar-refractivity contribution in [3.05, 3.63) is 65.3 Å². The molecule has 0 atom stereocenters. The van der Waals surface area contributed by atoms with Crippen LogP contribution in [0.3, 0.4) is 0 Å². The molecule has 21 heavy (non-hydrogen) atoms.